The molecule has 2 rings (SSSR count). The number of aryl methyl sites for hydroxylation is 1. The summed E-state index contributed by atoms with van der Waals surface area (Å²) in [4.78, 5) is 12.3. The van der Waals surface area contributed by atoms with Gasteiger partial charge in [0.05, 0.1) is 6.04 Å². The molecule has 0 aromatic carbocycles. The van der Waals surface area contributed by atoms with Crippen LogP contribution in [-0.2, 0) is 11.8 Å². The van der Waals surface area contributed by atoms with Gasteiger partial charge in [-0.15, -0.1) is 10.2 Å². The minimum absolute atomic E-state index is 0.0265. The molecule has 8 nitrogen and oxygen atoms in total. The molecule has 8 heteroatoms. The van der Waals surface area contributed by atoms with Crippen molar-refractivity contribution in [3.8, 4) is 0 Å². The third-order valence-corrected chi connectivity index (χ3v) is 3.72. The second-order valence-electron chi connectivity index (χ2n) is 4.92. The van der Waals surface area contributed by atoms with E-state index >= 15 is 0 Å². The van der Waals surface area contributed by atoms with Gasteiger partial charge in [0.15, 0.2) is 11.7 Å². The van der Waals surface area contributed by atoms with Gasteiger partial charge in [0, 0.05) is 7.05 Å². The summed E-state index contributed by atoms with van der Waals surface area (Å²) in [7, 11) is 1.81. The molecule has 1 unspecified atom stereocenters. The lowest BCUT2D eigenvalue weighted by molar-refractivity contribution is -0.131. The van der Waals surface area contributed by atoms with Crippen LogP contribution in [0.3, 0.4) is 0 Å². The maximum atomic E-state index is 12.3. The molecule has 0 saturated heterocycles. The molecule has 4 N–H and O–H groups in total. The Morgan fingerprint density at radius 1 is 1.68 bits per heavy atom. The highest BCUT2D eigenvalue weighted by atomic mass is 16.4. The zero-order valence-corrected chi connectivity index (χ0v) is 11.0. The van der Waals surface area contributed by atoms with E-state index in [2.05, 4.69) is 20.7 Å². The molecule has 104 valence electrons. The number of rotatable bonds is 4. The SMILES string of the molecule is CC(NC(=O)C1(C(N)=NO)CCC1)c1nncn1C. The topological polar surface area (TPSA) is 118 Å². The van der Waals surface area contributed by atoms with E-state index in [-0.39, 0.29) is 17.8 Å². The van der Waals surface area contributed by atoms with E-state index in [4.69, 9.17) is 10.9 Å². The zero-order valence-electron chi connectivity index (χ0n) is 11.0. The van der Waals surface area contributed by atoms with Crippen LogP contribution in [0.15, 0.2) is 11.5 Å². The first-order chi connectivity index (χ1) is 9.01. The third kappa shape index (κ3) is 2.13. The average Bonchev–Trinajstić information content (AvgIpc) is 2.73. The number of amidine groups is 1. The van der Waals surface area contributed by atoms with Gasteiger partial charge in [-0.25, -0.2) is 0 Å². The molecule has 1 aromatic heterocycles. The minimum atomic E-state index is -0.873. The third-order valence-electron chi connectivity index (χ3n) is 3.72. The smallest absolute Gasteiger partial charge is 0.234 e. The van der Waals surface area contributed by atoms with Crippen molar-refractivity contribution < 1.29 is 10.0 Å². The van der Waals surface area contributed by atoms with Gasteiger partial charge in [-0.2, -0.15) is 0 Å². The normalized spacial score (nSPS) is 19.6. The fourth-order valence-electron chi connectivity index (χ4n) is 2.31. The number of nitrogens with one attached hydrogen (secondary N) is 1. The Hall–Kier alpha value is -2.12. The number of hydrogen-bond acceptors (Lipinski definition) is 5. The summed E-state index contributed by atoms with van der Waals surface area (Å²) in [6, 6.07) is -0.288. The van der Waals surface area contributed by atoms with Gasteiger partial charge in [-0.3, -0.25) is 4.79 Å². The van der Waals surface area contributed by atoms with Crippen LogP contribution in [-0.4, -0.2) is 31.7 Å². The molecule has 1 saturated carbocycles. The number of aromatic nitrogens is 3. The Kier molecular flexibility index (Phi) is 3.41. The van der Waals surface area contributed by atoms with E-state index in [0.29, 0.717) is 18.7 Å². The van der Waals surface area contributed by atoms with Gasteiger partial charge >= 0.3 is 0 Å². The zero-order chi connectivity index (χ0) is 14.0. The number of carbonyl (C=O) groups is 1. The molecule has 1 aliphatic rings. The summed E-state index contributed by atoms with van der Waals surface area (Å²) in [5, 5.41) is 22.4. The lowest BCUT2D eigenvalue weighted by Gasteiger charge is -2.39. The Bertz CT molecular complexity index is 505. The van der Waals surface area contributed by atoms with Crippen LogP contribution in [0.25, 0.3) is 0 Å². The summed E-state index contributed by atoms with van der Waals surface area (Å²) in [6.07, 6.45) is 3.66. The molecule has 0 spiro atoms. The molecular formula is C11H18N6O2. The number of carbonyl (C=O) groups excluding carboxylic acids is 1. The number of amides is 1. The first kappa shape index (κ1) is 13.3. The monoisotopic (exact) mass is 266 g/mol. The highest BCUT2D eigenvalue weighted by molar-refractivity contribution is 6.07. The van der Waals surface area contributed by atoms with Crippen LogP contribution in [0.4, 0.5) is 0 Å². The van der Waals surface area contributed by atoms with E-state index in [0.717, 1.165) is 6.42 Å². The van der Waals surface area contributed by atoms with Gasteiger partial charge in [-0.1, -0.05) is 11.6 Å². The van der Waals surface area contributed by atoms with Crippen molar-refractivity contribution in [1.29, 1.82) is 0 Å². The van der Waals surface area contributed by atoms with Crippen molar-refractivity contribution >= 4 is 11.7 Å². The van der Waals surface area contributed by atoms with Crippen molar-refractivity contribution in [3.63, 3.8) is 0 Å². The van der Waals surface area contributed by atoms with Gasteiger partial charge in [-0.05, 0) is 19.8 Å². The first-order valence-corrected chi connectivity index (χ1v) is 6.14. The summed E-state index contributed by atoms with van der Waals surface area (Å²) in [5.74, 6) is 0.397. The molecule has 1 atom stereocenters. The van der Waals surface area contributed by atoms with E-state index < -0.39 is 5.41 Å². The van der Waals surface area contributed by atoms with Crippen LogP contribution in [0.1, 0.15) is 38.1 Å². The fraction of sp³-hybridized carbons (Fsp3) is 0.636. The van der Waals surface area contributed by atoms with Gasteiger partial charge in [0.1, 0.15) is 11.7 Å². The standard InChI is InChI=1S/C11H18N6O2/c1-7(8-15-13-6-17(8)2)14-10(18)11(4-3-5-11)9(12)16-19/h6-7,19H,3-5H2,1-2H3,(H2,12,16)(H,14,18). The van der Waals surface area contributed by atoms with Crippen molar-refractivity contribution in [2.75, 3.05) is 0 Å². The second-order valence-corrected chi connectivity index (χ2v) is 4.92. The molecule has 0 bridgehead atoms. The largest absolute Gasteiger partial charge is 0.409 e. The maximum absolute atomic E-state index is 12.3. The lowest BCUT2D eigenvalue weighted by Crippen LogP contribution is -2.54. The average molecular weight is 266 g/mol. The van der Waals surface area contributed by atoms with E-state index in [1.807, 2.05) is 6.92 Å². The Morgan fingerprint density at radius 3 is 2.79 bits per heavy atom. The lowest BCUT2D eigenvalue weighted by atomic mass is 9.67. The molecule has 1 fully saturated rings. The van der Waals surface area contributed by atoms with Crippen LogP contribution in [0.2, 0.25) is 0 Å². The fourth-order valence-corrected chi connectivity index (χ4v) is 2.31. The number of hydrogen-bond donors (Lipinski definition) is 3. The molecule has 19 heavy (non-hydrogen) atoms. The summed E-state index contributed by atoms with van der Waals surface area (Å²) in [6.45, 7) is 1.82. The first-order valence-electron chi connectivity index (χ1n) is 6.14. The van der Waals surface area contributed by atoms with Gasteiger partial charge < -0.3 is 20.8 Å². The van der Waals surface area contributed by atoms with Crippen LogP contribution >= 0.6 is 0 Å². The van der Waals surface area contributed by atoms with Gasteiger partial charge in [0.25, 0.3) is 0 Å². The van der Waals surface area contributed by atoms with E-state index in [9.17, 15) is 4.79 Å². The number of nitrogens with two attached hydrogens (primary N) is 1. The number of oxime groups is 1. The molecular weight excluding hydrogens is 248 g/mol. The predicted molar refractivity (Wildman–Crippen MR) is 67.3 cm³/mol. The second kappa shape index (κ2) is 4.87. The molecule has 0 radical (unpaired) electrons. The van der Waals surface area contributed by atoms with E-state index in [1.165, 1.54) is 0 Å². The maximum Gasteiger partial charge on any atom is 0.234 e. The summed E-state index contributed by atoms with van der Waals surface area (Å²) >= 11 is 0. The molecule has 1 aliphatic carbocycles. The van der Waals surface area contributed by atoms with Crippen LogP contribution in [0, 0.1) is 5.41 Å². The summed E-state index contributed by atoms with van der Waals surface area (Å²) < 4.78 is 1.74. The summed E-state index contributed by atoms with van der Waals surface area (Å²) in [5.41, 5.74) is 4.77. The molecule has 1 aromatic rings. The molecule has 1 heterocycles. The van der Waals surface area contributed by atoms with Crippen molar-refractivity contribution in [1.82, 2.24) is 20.1 Å². The van der Waals surface area contributed by atoms with Crippen molar-refractivity contribution in [2.24, 2.45) is 23.4 Å². The predicted octanol–water partition coefficient (Wildman–Crippen LogP) is -0.0910. The van der Waals surface area contributed by atoms with Gasteiger partial charge in [0.2, 0.25) is 5.91 Å². The molecule has 1 amide bonds. The highest BCUT2D eigenvalue weighted by Gasteiger charge is 2.48. The van der Waals surface area contributed by atoms with E-state index in [1.54, 1.807) is 17.9 Å². The Labute approximate surface area is 110 Å². The quantitative estimate of drug-likeness (QED) is 0.304. The Balaban J connectivity index is 2.11. The minimum Gasteiger partial charge on any atom is -0.409 e. The van der Waals surface area contributed by atoms with Crippen molar-refractivity contribution in [2.45, 2.75) is 32.2 Å². The Morgan fingerprint density at radius 2 is 2.37 bits per heavy atom. The van der Waals surface area contributed by atoms with Crippen LogP contribution in [0.5, 0.6) is 0 Å². The molecule has 0 aliphatic heterocycles. The number of nitrogens with zero attached hydrogens (tertiary/aromatic N) is 4. The highest BCUT2D eigenvalue weighted by Crippen LogP contribution is 2.41. The van der Waals surface area contributed by atoms with Crippen LogP contribution < -0.4 is 11.1 Å². The van der Waals surface area contributed by atoms with Crippen molar-refractivity contribution in [3.05, 3.63) is 12.2 Å².